The van der Waals surface area contributed by atoms with Crippen molar-refractivity contribution in [2.24, 2.45) is 0 Å². The second kappa shape index (κ2) is 15.4. The second-order valence-electron chi connectivity index (χ2n) is 18.8. The van der Waals surface area contributed by atoms with Gasteiger partial charge in [-0.1, -0.05) is 164 Å². The van der Waals surface area contributed by atoms with E-state index in [2.05, 4.69) is 201 Å². The largest absolute Gasteiger partial charge is 0.507 e. The molecule has 0 spiro atoms. The van der Waals surface area contributed by atoms with Gasteiger partial charge in [-0.15, -0.1) is 34.9 Å². The summed E-state index contributed by atoms with van der Waals surface area (Å²) in [5.41, 5.74) is 12.4. The van der Waals surface area contributed by atoms with Gasteiger partial charge >= 0.3 is 0 Å². The minimum atomic E-state index is -0.528. The van der Waals surface area contributed by atoms with Crippen LogP contribution in [0.25, 0.3) is 55.6 Å². The third-order valence-corrected chi connectivity index (χ3v) is 12.1. The Labute approximate surface area is 364 Å². The van der Waals surface area contributed by atoms with E-state index in [9.17, 15) is 5.11 Å². The van der Waals surface area contributed by atoms with Crippen molar-refractivity contribution in [2.45, 2.75) is 91.0 Å². The van der Waals surface area contributed by atoms with Crippen molar-refractivity contribution in [3.8, 4) is 39.4 Å². The predicted molar refractivity (Wildman–Crippen MR) is 243 cm³/mol. The molecule has 0 aliphatic rings. The van der Waals surface area contributed by atoms with E-state index in [0.717, 1.165) is 55.3 Å². The Morgan fingerprint density at radius 3 is 1.73 bits per heavy atom. The van der Waals surface area contributed by atoms with E-state index >= 15 is 0 Å². The van der Waals surface area contributed by atoms with Gasteiger partial charge in [-0.2, -0.15) is 0 Å². The average Bonchev–Trinajstić information content (AvgIpc) is 3.61. The van der Waals surface area contributed by atoms with Crippen LogP contribution in [0.5, 0.6) is 5.75 Å². The molecule has 0 amide bonds. The fraction of sp³-hybridized carbons (Fsp3) is 0.259. The van der Waals surface area contributed by atoms with Crippen LogP contribution in [0.2, 0.25) is 0 Å². The molecule has 0 fully saturated rings. The topological polar surface area (TPSA) is 50.9 Å². The summed E-state index contributed by atoms with van der Waals surface area (Å²) in [6.07, 6.45) is 1.94. The van der Waals surface area contributed by atoms with Crippen molar-refractivity contribution in [3.63, 3.8) is 0 Å². The van der Waals surface area contributed by atoms with Crippen LogP contribution in [0.1, 0.15) is 97.1 Å². The molecular formula is C54H54N3OPt-. The first-order chi connectivity index (χ1) is 27.5. The van der Waals surface area contributed by atoms with Crippen molar-refractivity contribution in [1.82, 2.24) is 14.5 Å². The van der Waals surface area contributed by atoms with Gasteiger partial charge in [0.25, 0.3) is 0 Å². The Balaban J connectivity index is 0.00000528. The number of para-hydroxylation sites is 2. The summed E-state index contributed by atoms with van der Waals surface area (Å²) in [4.78, 5) is 10.6. The Kier molecular flexibility index (Phi) is 10.9. The molecule has 2 aromatic heterocycles. The van der Waals surface area contributed by atoms with Crippen molar-refractivity contribution >= 4 is 21.9 Å². The quantitative estimate of drug-likeness (QED) is 0.162. The van der Waals surface area contributed by atoms with Gasteiger partial charge in [0.15, 0.2) is 0 Å². The normalized spacial score (nSPS) is 12.5. The third-order valence-electron chi connectivity index (χ3n) is 12.1. The fourth-order valence-corrected chi connectivity index (χ4v) is 8.51. The molecule has 0 unspecified atom stereocenters. The maximum Gasteiger partial charge on any atom is 0.144 e. The van der Waals surface area contributed by atoms with Crippen LogP contribution >= 0.6 is 0 Å². The minimum absolute atomic E-state index is 0. The standard InChI is InChI=1S/C54H54N3O.Pt/c1-51(2,3)39-27-28-47(58)44(34-39)50-56-49-42(24-18-26-46(49)57(50)54(9,10)38-21-15-12-16-22-38)36-31-35(32-40(33-36)53(7,8)37-19-13-11-14-20-37)41-23-17-25-43-45(52(4,5)6)29-30-55-48(41)43;/h11-30,32-34,58H,1-10H3;/q-1;. The summed E-state index contributed by atoms with van der Waals surface area (Å²) in [5.74, 6) is 0.919. The molecule has 0 saturated carbocycles. The van der Waals surface area contributed by atoms with E-state index in [4.69, 9.17) is 9.97 Å². The van der Waals surface area contributed by atoms with Crippen LogP contribution in [0, 0.1) is 6.07 Å². The summed E-state index contributed by atoms with van der Waals surface area (Å²) in [5, 5.41) is 12.8. The smallest absolute Gasteiger partial charge is 0.144 e. The van der Waals surface area contributed by atoms with Gasteiger partial charge in [0.2, 0.25) is 0 Å². The van der Waals surface area contributed by atoms with E-state index in [-0.39, 0.29) is 43.1 Å². The van der Waals surface area contributed by atoms with Crippen LogP contribution in [0.4, 0.5) is 0 Å². The van der Waals surface area contributed by atoms with Crippen molar-refractivity contribution in [3.05, 3.63) is 174 Å². The van der Waals surface area contributed by atoms with Gasteiger partial charge in [-0.3, -0.25) is 4.98 Å². The van der Waals surface area contributed by atoms with E-state index in [1.165, 1.54) is 16.7 Å². The number of phenolic OH excluding ortho intramolecular Hbond substituents is 1. The molecule has 302 valence electrons. The van der Waals surface area contributed by atoms with Gasteiger partial charge < -0.3 is 9.67 Å². The van der Waals surface area contributed by atoms with E-state index in [1.54, 1.807) is 0 Å². The number of aromatic nitrogens is 3. The molecule has 5 heteroatoms. The molecule has 1 N–H and O–H groups in total. The maximum absolute atomic E-state index is 11.6. The molecule has 0 saturated heterocycles. The van der Waals surface area contributed by atoms with E-state index in [1.807, 2.05) is 18.3 Å². The Bertz CT molecular complexity index is 2800. The maximum atomic E-state index is 11.6. The fourth-order valence-electron chi connectivity index (χ4n) is 8.51. The first-order valence-corrected chi connectivity index (χ1v) is 20.4. The number of fused-ring (bicyclic) bond motifs is 2. The zero-order valence-corrected chi connectivity index (χ0v) is 38.2. The Morgan fingerprint density at radius 2 is 1.12 bits per heavy atom. The van der Waals surface area contributed by atoms with Crippen molar-refractivity contribution in [2.75, 3.05) is 0 Å². The predicted octanol–water partition coefficient (Wildman–Crippen LogP) is 13.8. The molecule has 2 heterocycles. The second-order valence-corrected chi connectivity index (χ2v) is 18.8. The monoisotopic (exact) mass is 955 g/mol. The first-order valence-electron chi connectivity index (χ1n) is 20.4. The van der Waals surface area contributed by atoms with Gasteiger partial charge in [0, 0.05) is 38.2 Å². The van der Waals surface area contributed by atoms with Gasteiger partial charge in [-0.05, 0) is 76.6 Å². The van der Waals surface area contributed by atoms with Crippen molar-refractivity contribution < 1.29 is 26.2 Å². The SMILES string of the molecule is CC(C)(C)c1ccc(O)c(-c2nc3c(-c4[c-]c(-c5cccc6c(C(C)(C)C)ccnc56)cc(C(C)(C)c5ccccc5)c4)cccc3n2C(C)(C)c2ccccc2)c1.[Pt]. The Morgan fingerprint density at radius 1 is 0.525 bits per heavy atom. The van der Waals surface area contributed by atoms with E-state index < -0.39 is 5.54 Å². The van der Waals surface area contributed by atoms with E-state index in [0.29, 0.717) is 11.4 Å². The molecule has 0 radical (unpaired) electrons. The molecule has 0 aliphatic heterocycles. The number of nitrogens with zero attached hydrogens (tertiary/aromatic N) is 3. The number of hydrogen-bond donors (Lipinski definition) is 1. The third kappa shape index (κ3) is 7.57. The van der Waals surface area contributed by atoms with Crippen molar-refractivity contribution in [1.29, 1.82) is 0 Å². The first kappa shape index (κ1) is 41.8. The number of hydrogen-bond acceptors (Lipinski definition) is 3. The van der Waals surface area contributed by atoms with Crippen LogP contribution in [0.15, 0.2) is 140 Å². The molecule has 6 aromatic carbocycles. The minimum Gasteiger partial charge on any atom is -0.507 e. The summed E-state index contributed by atoms with van der Waals surface area (Å²) in [7, 11) is 0. The number of imidazole rings is 1. The van der Waals surface area contributed by atoms with Crippen LogP contribution in [-0.4, -0.2) is 19.6 Å². The van der Waals surface area contributed by atoms with Crippen LogP contribution in [0.3, 0.4) is 0 Å². The summed E-state index contributed by atoms with van der Waals surface area (Å²) in [6.45, 7) is 22.4. The summed E-state index contributed by atoms with van der Waals surface area (Å²) in [6, 6.07) is 50.9. The molecule has 8 rings (SSSR count). The number of phenols is 1. The molecule has 0 bridgehead atoms. The zero-order valence-electron chi connectivity index (χ0n) is 35.9. The zero-order chi connectivity index (χ0) is 41.2. The Hall–Kier alpha value is -5.31. The van der Waals surface area contributed by atoms with Crippen LogP contribution < -0.4 is 0 Å². The molecule has 0 atom stereocenters. The molecular weight excluding hydrogens is 902 g/mol. The molecule has 0 aliphatic carbocycles. The van der Waals surface area contributed by atoms with Gasteiger partial charge in [-0.25, -0.2) is 4.98 Å². The van der Waals surface area contributed by atoms with Gasteiger partial charge in [0.05, 0.1) is 22.1 Å². The number of rotatable bonds is 7. The summed E-state index contributed by atoms with van der Waals surface area (Å²) < 4.78 is 2.31. The summed E-state index contributed by atoms with van der Waals surface area (Å²) >= 11 is 0. The number of benzene rings is 6. The molecule has 59 heavy (non-hydrogen) atoms. The molecule has 4 nitrogen and oxygen atoms in total. The van der Waals surface area contributed by atoms with Gasteiger partial charge in [0.1, 0.15) is 11.6 Å². The number of aromatic hydroxyl groups is 1. The van der Waals surface area contributed by atoms with Crippen LogP contribution in [-0.2, 0) is 42.8 Å². The average molecular weight is 956 g/mol. The number of pyridine rings is 1. The molecule has 8 aromatic rings.